The van der Waals surface area contributed by atoms with Crippen molar-refractivity contribution >= 4 is 5.82 Å². The molecule has 15 heavy (non-hydrogen) atoms. The summed E-state index contributed by atoms with van der Waals surface area (Å²) in [4.78, 5) is 1.58. The second-order valence-electron chi connectivity index (χ2n) is 4.00. The summed E-state index contributed by atoms with van der Waals surface area (Å²) in [5.41, 5.74) is 5.46. The molecule has 0 radical (unpaired) electrons. The van der Waals surface area contributed by atoms with Gasteiger partial charge in [0.25, 0.3) is 0 Å². The van der Waals surface area contributed by atoms with Crippen LogP contribution >= 0.6 is 0 Å². The first-order valence-electron chi connectivity index (χ1n) is 5.62. The molecule has 0 saturated heterocycles. The van der Waals surface area contributed by atoms with Crippen LogP contribution in [0.5, 0.6) is 0 Å². The number of rotatable bonds is 4. The van der Waals surface area contributed by atoms with E-state index < -0.39 is 0 Å². The third-order valence-electron chi connectivity index (χ3n) is 2.75. The van der Waals surface area contributed by atoms with Crippen molar-refractivity contribution in [2.45, 2.75) is 44.8 Å². The van der Waals surface area contributed by atoms with E-state index in [-0.39, 0.29) is 0 Å². The number of nitrogens with zero attached hydrogens (tertiary/aromatic N) is 3. The Morgan fingerprint density at radius 1 is 1.40 bits per heavy atom. The van der Waals surface area contributed by atoms with Gasteiger partial charge in [-0.3, -0.25) is 0 Å². The summed E-state index contributed by atoms with van der Waals surface area (Å²) in [5.74, 6) is 0.465. The zero-order chi connectivity index (χ0) is 10.5. The Kier molecular flexibility index (Phi) is 3.55. The van der Waals surface area contributed by atoms with Gasteiger partial charge in [-0.15, -0.1) is 5.10 Å². The monoisotopic (exact) mass is 210 g/mol. The van der Waals surface area contributed by atoms with Crippen LogP contribution in [0.4, 0.5) is 5.82 Å². The summed E-state index contributed by atoms with van der Waals surface area (Å²) in [6, 6.07) is 0. The molecule has 2 N–H and O–H groups in total. The van der Waals surface area contributed by atoms with E-state index in [9.17, 15) is 0 Å². The topological polar surface area (TPSA) is 66.0 Å². The van der Waals surface area contributed by atoms with Gasteiger partial charge in [0.2, 0.25) is 0 Å². The van der Waals surface area contributed by atoms with Gasteiger partial charge >= 0.3 is 0 Å². The van der Waals surface area contributed by atoms with E-state index in [1.165, 1.54) is 32.1 Å². The van der Waals surface area contributed by atoms with E-state index in [0.29, 0.717) is 25.1 Å². The molecule has 84 valence electrons. The Hall–Kier alpha value is -1.10. The normalized spacial score (nSPS) is 18.1. The minimum absolute atomic E-state index is 0.451. The summed E-state index contributed by atoms with van der Waals surface area (Å²) >= 11 is 0. The molecule has 5 heteroatoms. The van der Waals surface area contributed by atoms with Crippen LogP contribution in [-0.2, 0) is 11.3 Å². The zero-order valence-corrected chi connectivity index (χ0v) is 8.93. The van der Waals surface area contributed by atoms with Crippen LogP contribution in [0.15, 0.2) is 6.20 Å². The number of nitrogens with two attached hydrogens (primary N) is 1. The molecule has 1 aromatic rings. The minimum Gasteiger partial charge on any atom is -0.381 e. The first-order chi connectivity index (χ1) is 7.34. The Morgan fingerprint density at radius 3 is 2.87 bits per heavy atom. The first kappa shape index (κ1) is 10.4. The van der Waals surface area contributed by atoms with Crippen LogP contribution < -0.4 is 5.73 Å². The van der Waals surface area contributed by atoms with Gasteiger partial charge in [0.1, 0.15) is 0 Å². The predicted molar refractivity (Wildman–Crippen MR) is 57.3 cm³/mol. The van der Waals surface area contributed by atoms with Crippen molar-refractivity contribution in [3.8, 4) is 0 Å². The molecule has 2 rings (SSSR count). The van der Waals surface area contributed by atoms with Gasteiger partial charge in [-0.05, 0) is 12.8 Å². The highest BCUT2D eigenvalue weighted by Gasteiger charge is 2.13. The molecule has 0 aliphatic heterocycles. The SMILES string of the molecule is Nc1cnn(CCOC2CCCCC2)n1. The molecule has 1 aliphatic carbocycles. The molecule has 0 bridgehead atoms. The quantitative estimate of drug-likeness (QED) is 0.811. The number of hydrogen-bond acceptors (Lipinski definition) is 4. The summed E-state index contributed by atoms with van der Waals surface area (Å²) < 4.78 is 5.75. The highest BCUT2D eigenvalue weighted by molar-refractivity contribution is 5.19. The molecule has 1 aliphatic rings. The maximum atomic E-state index is 5.75. The van der Waals surface area contributed by atoms with Crippen molar-refractivity contribution in [3.63, 3.8) is 0 Å². The number of nitrogen functional groups attached to an aromatic ring is 1. The van der Waals surface area contributed by atoms with Crippen molar-refractivity contribution in [3.05, 3.63) is 6.20 Å². The van der Waals surface area contributed by atoms with Crippen molar-refractivity contribution in [1.29, 1.82) is 0 Å². The van der Waals surface area contributed by atoms with Gasteiger partial charge in [0, 0.05) is 0 Å². The second kappa shape index (κ2) is 5.11. The Bertz CT molecular complexity index is 293. The van der Waals surface area contributed by atoms with Gasteiger partial charge in [-0.2, -0.15) is 9.90 Å². The summed E-state index contributed by atoms with van der Waals surface area (Å²) in [5, 5.41) is 8.00. The van der Waals surface area contributed by atoms with Gasteiger partial charge in [-0.1, -0.05) is 19.3 Å². The van der Waals surface area contributed by atoms with E-state index in [0.717, 1.165) is 0 Å². The minimum atomic E-state index is 0.451. The Balaban J connectivity index is 1.65. The van der Waals surface area contributed by atoms with Crippen LogP contribution in [-0.4, -0.2) is 27.7 Å². The lowest BCUT2D eigenvalue weighted by Gasteiger charge is -2.21. The first-order valence-corrected chi connectivity index (χ1v) is 5.62. The highest BCUT2D eigenvalue weighted by atomic mass is 16.5. The number of hydrogen-bond donors (Lipinski definition) is 1. The molecule has 1 saturated carbocycles. The van der Waals surface area contributed by atoms with Gasteiger partial charge in [-0.25, -0.2) is 0 Å². The summed E-state index contributed by atoms with van der Waals surface area (Å²) in [6.07, 6.45) is 8.38. The van der Waals surface area contributed by atoms with Gasteiger partial charge in [0.15, 0.2) is 5.82 Å². The molecular formula is C10H18N4O. The highest BCUT2D eigenvalue weighted by Crippen LogP contribution is 2.19. The lowest BCUT2D eigenvalue weighted by molar-refractivity contribution is 0.0214. The summed E-state index contributed by atoms with van der Waals surface area (Å²) in [6.45, 7) is 1.37. The smallest absolute Gasteiger partial charge is 0.165 e. The molecular weight excluding hydrogens is 192 g/mol. The number of anilines is 1. The summed E-state index contributed by atoms with van der Waals surface area (Å²) in [7, 11) is 0. The average Bonchev–Trinajstić information content (AvgIpc) is 2.66. The molecule has 1 fully saturated rings. The zero-order valence-electron chi connectivity index (χ0n) is 8.93. The third-order valence-corrected chi connectivity index (χ3v) is 2.75. The molecule has 0 atom stereocenters. The number of ether oxygens (including phenoxy) is 1. The van der Waals surface area contributed by atoms with E-state index in [2.05, 4.69) is 10.2 Å². The van der Waals surface area contributed by atoms with Crippen LogP contribution in [0.3, 0.4) is 0 Å². The van der Waals surface area contributed by atoms with Crippen LogP contribution in [0.1, 0.15) is 32.1 Å². The van der Waals surface area contributed by atoms with Crippen molar-refractivity contribution in [1.82, 2.24) is 15.0 Å². The molecule has 0 spiro atoms. The molecule has 0 unspecified atom stereocenters. The largest absolute Gasteiger partial charge is 0.381 e. The fraction of sp³-hybridized carbons (Fsp3) is 0.800. The van der Waals surface area contributed by atoms with Gasteiger partial charge < -0.3 is 10.5 Å². The van der Waals surface area contributed by atoms with Crippen molar-refractivity contribution < 1.29 is 4.74 Å². The van der Waals surface area contributed by atoms with Crippen molar-refractivity contribution in [2.75, 3.05) is 12.3 Å². The predicted octanol–water partition coefficient (Wildman–Crippen LogP) is 1.21. The van der Waals surface area contributed by atoms with E-state index in [4.69, 9.17) is 10.5 Å². The molecule has 1 heterocycles. The Morgan fingerprint density at radius 2 is 2.20 bits per heavy atom. The lowest BCUT2D eigenvalue weighted by Crippen LogP contribution is -2.19. The van der Waals surface area contributed by atoms with E-state index in [1.807, 2.05) is 0 Å². The average molecular weight is 210 g/mol. The van der Waals surface area contributed by atoms with E-state index in [1.54, 1.807) is 11.0 Å². The van der Waals surface area contributed by atoms with Crippen LogP contribution in [0.2, 0.25) is 0 Å². The third kappa shape index (κ3) is 3.20. The number of aromatic nitrogens is 3. The fourth-order valence-corrected chi connectivity index (χ4v) is 1.95. The maximum Gasteiger partial charge on any atom is 0.165 e. The van der Waals surface area contributed by atoms with Crippen molar-refractivity contribution in [2.24, 2.45) is 0 Å². The van der Waals surface area contributed by atoms with Gasteiger partial charge in [0.05, 0.1) is 25.5 Å². The van der Waals surface area contributed by atoms with E-state index >= 15 is 0 Å². The second-order valence-corrected chi connectivity index (χ2v) is 4.00. The lowest BCUT2D eigenvalue weighted by atomic mass is 9.98. The molecule has 0 aromatic carbocycles. The fourth-order valence-electron chi connectivity index (χ4n) is 1.95. The molecule has 5 nitrogen and oxygen atoms in total. The van der Waals surface area contributed by atoms with Crippen LogP contribution in [0.25, 0.3) is 0 Å². The molecule has 0 amide bonds. The molecule has 1 aromatic heterocycles. The standard InChI is InChI=1S/C10H18N4O/c11-10-8-12-14(13-10)6-7-15-9-4-2-1-3-5-9/h8-9H,1-7H2,(H2,11,13). The van der Waals surface area contributed by atoms with Crippen LogP contribution in [0, 0.1) is 0 Å². The maximum absolute atomic E-state index is 5.75. The Labute approximate surface area is 89.6 Å².